The second-order valence-corrected chi connectivity index (χ2v) is 2.34. The van der Waals surface area contributed by atoms with Gasteiger partial charge in [-0.15, -0.1) is 0 Å². The standard InChI is InChI=1S/C6H7NOS/c1-2-4-5(8)3-6(9)7-4/h2H,3H2,1H3,(H,7,9)/b4-2-. The molecule has 3 heteroatoms. The highest BCUT2D eigenvalue weighted by atomic mass is 32.1. The number of carbonyl (C=O) groups is 1. The van der Waals surface area contributed by atoms with Gasteiger partial charge in [0.1, 0.15) is 0 Å². The Labute approximate surface area is 58.9 Å². The summed E-state index contributed by atoms with van der Waals surface area (Å²) in [6.45, 7) is 1.81. The van der Waals surface area contributed by atoms with Gasteiger partial charge in [-0.1, -0.05) is 18.3 Å². The molecule has 1 aliphatic heterocycles. The predicted molar refractivity (Wildman–Crippen MR) is 39.1 cm³/mol. The molecule has 0 unspecified atom stereocenters. The largest absolute Gasteiger partial charge is 0.347 e. The second kappa shape index (κ2) is 2.27. The van der Waals surface area contributed by atoms with Crippen LogP contribution in [0.3, 0.4) is 0 Å². The van der Waals surface area contributed by atoms with E-state index in [1.54, 1.807) is 6.08 Å². The molecule has 2 nitrogen and oxygen atoms in total. The number of allylic oxidation sites excluding steroid dienone is 2. The molecule has 0 radical (unpaired) electrons. The maximum Gasteiger partial charge on any atom is 0.185 e. The maximum absolute atomic E-state index is 10.8. The fraction of sp³-hybridized carbons (Fsp3) is 0.333. The Balaban J connectivity index is 2.81. The van der Waals surface area contributed by atoms with Gasteiger partial charge in [0.25, 0.3) is 0 Å². The molecule has 0 saturated carbocycles. The molecular formula is C6H7NOS. The van der Waals surface area contributed by atoms with Crippen molar-refractivity contribution in [2.45, 2.75) is 13.3 Å². The molecule has 48 valence electrons. The van der Waals surface area contributed by atoms with Gasteiger partial charge in [-0.3, -0.25) is 4.79 Å². The number of hydrogen-bond donors (Lipinski definition) is 1. The molecule has 0 amide bonds. The molecule has 0 aromatic heterocycles. The number of thiocarbonyl (C=S) groups is 1. The van der Waals surface area contributed by atoms with Crippen LogP contribution in [-0.4, -0.2) is 10.8 Å². The summed E-state index contributed by atoms with van der Waals surface area (Å²) in [7, 11) is 0. The lowest BCUT2D eigenvalue weighted by atomic mass is 10.3. The summed E-state index contributed by atoms with van der Waals surface area (Å²) in [5.74, 6) is 0.0995. The van der Waals surface area contributed by atoms with Crippen molar-refractivity contribution in [2.24, 2.45) is 0 Å². The van der Waals surface area contributed by atoms with Crippen LogP contribution < -0.4 is 5.32 Å². The van der Waals surface area contributed by atoms with E-state index >= 15 is 0 Å². The quantitative estimate of drug-likeness (QED) is 0.399. The van der Waals surface area contributed by atoms with E-state index in [2.05, 4.69) is 5.32 Å². The van der Waals surface area contributed by atoms with Crippen molar-refractivity contribution in [3.8, 4) is 0 Å². The number of carbonyl (C=O) groups excluding carboxylic acids is 1. The zero-order valence-corrected chi connectivity index (χ0v) is 5.92. The monoisotopic (exact) mass is 141 g/mol. The first-order valence-electron chi connectivity index (χ1n) is 2.73. The topological polar surface area (TPSA) is 29.1 Å². The van der Waals surface area contributed by atoms with E-state index in [9.17, 15) is 4.79 Å². The summed E-state index contributed by atoms with van der Waals surface area (Å²) in [5.41, 5.74) is 0.639. The third-order valence-electron chi connectivity index (χ3n) is 1.18. The maximum atomic E-state index is 10.8. The number of hydrogen-bond acceptors (Lipinski definition) is 2. The van der Waals surface area contributed by atoms with Crippen molar-refractivity contribution in [2.75, 3.05) is 0 Å². The zero-order valence-electron chi connectivity index (χ0n) is 5.10. The third-order valence-corrected chi connectivity index (χ3v) is 1.43. The Morgan fingerprint density at radius 3 is 2.67 bits per heavy atom. The first kappa shape index (κ1) is 6.42. The molecule has 1 aliphatic rings. The second-order valence-electron chi connectivity index (χ2n) is 1.85. The Bertz CT molecular complexity index is 195. The highest BCUT2D eigenvalue weighted by molar-refractivity contribution is 7.80. The summed E-state index contributed by atoms with van der Waals surface area (Å²) in [4.78, 5) is 11.4. The molecule has 1 rings (SSSR count). The summed E-state index contributed by atoms with van der Waals surface area (Å²) in [6.07, 6.45) is 2.12. The third kappa shape index (κ3) is 1.16. The summed E-state index contributed by atoms with van der Waals surface area (Å²) < 4.78 is 0. The lowest BCUT2D eigenvalue weighted by Gasteiger charge is -1.90. The van der Waals surface area contributed by atoms with E-state index in [4.69, 9.17) is 12.2 Å². The first-order chi connectivity index (χ1) is 4.24. The molecule has 1 saturated heterocycles. The minimum absolute atomic E-state index is 0.0995. The van der Waals surface area contributed by atoms with Crippen LogP contribution in [0, 0.1) is 0 Å². The molecule has 1 heterocycles. The fourth-order valence-electron chi connectivity index (χ4n) is 0.738. The van der Waals surface area contributed by atoms with Gasteiger partial charge in [-0.05, 0) is 6.92 Å². The summed E-state index contributed by atoms with van der Waals surface area (Å²) >= 11 is 4.77. The molecule has 9 heavy (non-hydrogen) atoms. The predicted octanol–water partition coefficient (Wildman–Crippen LogP) is 0.780. The first-order valence-corrected chi connectivity index (χ1v) is 3.14. The van der Waals surface area contributed by atoms with E-state index in [0.717, 1.165) is 0 Å². The van der Waals surface area contributed by atoms with Crippen molar-refractivity contribution >= 4 is 23.0 Å². The van der Waals surface area contributed by atoms with Gasteiger partial charge in [0.2, 0.25) is 0 Å². The number of ketones is 1. The van der Waals surface area contributed by atoms with Crippen molar-refractivity contribution in [3.63, 3.8) is 0 Å². The van der Waals surface area contributed by atoms with Crippen molar-refractivity contribution in [3.05, 3.63) is 11.8 Å². The van der Waals surface area contributed by atoms with Gasteiger partial charge in [0, 0.05) is 0 Å². The Morgan fingerprint density at radius 1 is 1.78 bits per heavy atom. The van der Waals surface area contributed by atoms with Crippen LogP contribution in [0.25, 0.3) is 0 Å². The van der Waals surface area contributed by atoms with Crippen LogP contribution in [-0.2, 0) is 4.79 Å². The molecule has 0 aromatic carbocycles. The van der Waals surface area contributed by atoms with Gasteiger partial charge in [-0.2, -0.15) is 0 Å². The van der Waals surface area contributed by atoms with E-state index in [1.807, 2.05) is 6.92 Å². The molecular weight excluding hydrogens is 134 g/mol. The Morgan fingerprint density at radius 2 is 2.44 bits per heavy atom. The normalized spacial score (nSPS) is 23.0. The number of nitrogens with one attached hydrogen (secondary N) is 1. The minimum atomic E-state index is 0.0995. The van der Waals surface area contributed by atoms with Gasteiger partial charge >= 0.3 is 0 Å². The van der Waals surface area contributed by atoms with E-state index in [1.165, 1.54) is 0 Å². The fourth-order valence-corrected chi connectivity index (χ4v) is 0.979. The van der Waals surface area contributed by atoms with E-state index < -0.39 is 0 Å². The Hall–Kier alpha value is -0.700. The van der Waals surface area contributed by atoms with Crippen LogP contribution in [0.5, 0.6) is 0 Å². The summed E-state index contributed by atoms with van der Waals surface area (Å²) in [5, 5.41) is 2.80. The highest BCUT2D eigenvalue weighted by Gasteiger charge is 2.19. The zero-order chi connectivity index (χ0) is 6.85. The van der Waals surface area contributed by atoms with Gasteiger partial charge in [-0.25, -0.2) is 0 Å². The highest BCUT2D eigenvalue weighted by Crippen LogP contribution is 2.05. The average molecular weight is 141 g/mol. The van der Waals surface area contributed by atoms with Crippen LogP contribution in [0.4, 0.5) is 0 Å². The minimum Gasteiger partial charge on any atom is -0.347 e. The lowest BCUT2D eigenvalue weighted by molar-refractivity contribution is -0.114. The number of Topliss-reactive ketones (excluding diaryl/α,β-unsaturated/α-hetero) is 1. The van der Waals surface area contributed by atoms with Gasteiger partial charge in [0.15, 0.2) is 5.78 Å². The molecule has 1 fully saturated rings. The van der Waals surface area contributed by atoms with Crippen molar-refractivity contribution < 1.29 is 4.79 Å². The van der Waals surface area contributed by atoms with Crippen LogP contribution in [0.15, 0.2) is 11.8 Å². The molecule has 1 N–H and O–H groups in total. The lowest BCUT2D eigenvalue weighted by Crippen LogP contribution is -2.10. The van der Waals surface area contributed by atoms with Crippen LogP contribution in [0.2, 0.25) is 0 Å². The molecule has 0 aliphatic carbocycles. The van der Waals surface area contributed by atoms with E-state index in [-0.39, 0.29) is 5.78 Å². The smallest absolute Gasteiger partial charge is 0.185 e. The number of rotatable bonds is 0. The Kier molecular flexibility index (Phi) is 1.62. The van der Waals surface area contributed by atoms with Gasteiger partial charge < -0.3 is 5.32 Å². The molecule has 0 atom stereocenters. The van der Waals surface area contributed by atoms with Crippen molar-refractivity contribution in [1.29, 1.82) is 0 Å². The van der Waals surface area contributed by atoms with E-state index in [0.29, 0.717) is 17.1 Å². The van der Waals surface area contributed by atoms with Crippen LogP contribution >= 0.6 is 12.2 Å². The molecule has 0 aromatic rings. The van der Waals surface area contributed by atoms with Crippen LogP contribution in [0.1, 0.15) is 13.3 Å². The molecule has 0 bridgehead atoms. The summed E-state index contributed by atoms with van der Waals surface area (Å²) in [6, 6.07) is 0. The molecule has 0 spiro atoms. The van der Waals surface area contributed by atoms with Gasteiger partial charge in [0.05, 0.1) is 17.1 Å². The van der Waals surface area contributed by atoms with Crippen molar-refractivity contribution in [1.82, 2.24) is 5.32 Å². The SMILES string of the molecule is C/C=C1\NC(=S)CC1=O. The average Bonchev–Trinajstić information content (AvgIpc) is 2.10.